The van der Waals surface area contributed by atoms with Gasteiger partial charge in [-0.25, -0.2) is 0 Å². The van der Waals surface area contributed by atoms with Crippen molar-refractivity contribution >= 4 is 11.6 Å². The number of hydrogen-bond donors (Lipinski definition) is 1. The molecular formula is C26H43NO. The summed E-state index contributed by atoms with van der Waals surface area (Å²) < 4.78 is 0. The highest BCUT2D eigenvalue weighted by Crippen LogP contribution is 2.14. The van der Waals surface area contributed by atoms with Gasteiger partial charge < -0.3 is 5.32 Å². The van der Waals surface area contributed by atoms with E-state index in [4.69, 9.17) is 0 Å². The quantitative estimate of drug-likeness (QED) is 0.254. The van der Waals surface area contributed by atoms with Gasteiger partial charge in [-0.15, -0.1) is 0 Å². The van der Waals surface area contributed by atoms with Gasteiger partial charge in [0.15, 0.2) is 0 Å². The van der Waals surface area contributed by atoms with Gasteiger partial charge in [0.25, 0.3) is 0 Å². The second-order valence-corrected chi connectivity index (χ2v) is 8.09. The molecule has 0 radical (unpaired) electrons. The number of nitrogens with one attached hydrogen (secondary N) is 1. The third-order valence-electron chi connectivity index (χ3n) is 5.42. The van der Waals surface area contributed by atoms with Gasteiger partial charge in [0.05, 0.1) is 0 Å². The summed E-state index contributed by atoms with van der Waals surface area (Å²) in [6, 6.07) is 9.82. The molecule has 1 aromatic carbocycles. The van der Waals surface area contributed by atoms with Crippen LogP contribution in [0.4, 0.5) is 0 Å². The maximum Gasteiger partial charge on any atom is 0.224 e. The molecule has 2 nitrogen and oxygen atoms in total. The Balaban J connectivity index is 1.84. The van der Waals surface area contributed by atoms with E-state index in [-0.39, 0.29) is 5.91 Å². The topological polar surface area (TPSA) is 29.1 Å². The molecule has 0 bridgehead atoms. The van der Waals surface area contributed by atoms with Crippen LogP contribution in [-0.4, -0.2) is 5.91 Å². The predicted molar refractivity (Wildman–Crippen MR) is 123 cm³/mol. The van der Waals surface area contributed by atoms with Gasteiger partial charge in [-0.2, -0.15) is 0 Å². The van der Waals surface area contributed by atoms with Gasteiger partial charge >= 0.3 is 0 Å². The molecule has 0 aliphatic carbocycles. The number of unbranched alkanes of at least 4 members (excludes halogenated alkanes) is 14. The number of benzene rings is 1. The van der Waals surface area contributed by atoms with Crippen LogP contribution in [0.1, 0.15) is 115 Å². The van der Waals surface area contributed by atoms with Crippen molar-refractivity contribution < 1.29 is 4.79 Å². The van der Waals surface area contributed by atoms with Crippen molar-refractivity contribution in [1.29, 1.82) is 0 Å². The van der Waals surface area contributed by atoms with Crippen LogP contribution in [0.15, 0.2) is 36.9 Å². The number of rotatable bonds is 18. The summed E-state index contributed by atoms with van der Waals surface area (Å²) in [6.07, 6.45) is 20.8. The van der Waals surface area contributed by atoms with Gasteiger partial charge in [-0.3, -0.25) is 4.79 Å². The molecule has 0 saturated carbocycles. The van der Waals surface area contributed by atoms with Crippen LogP contribution in [-0.2, 0) is 4.79 Å². The van der Waals surface area contributed by atoms with Crippen molar-refractivity contribution in [1.82, 2.24) is 5.32 Å². The van der Waals surface area contributed by atoms with Gasteiger partial charge in [-0.05, 0) is 12.0 Å². The van der Waals surface area contributed by atoms with Crippen molar-refractivity contribution in [2.24, 2.45) is 0 Å². The SMILES string of the molecule is C=C(NC(=O)CCCCCCCCCCCCCCCCC)c1ccccc1. The monoisotopic (exact) mass is 385 g/mol. The standard InChI is InChI=1S/C26H43NO/c1-3-4-5-6-7-8-9-10-11-12-13-14-15-16-20-23-26(28)27-24(2)25-21-18-17-19-22-25/h17-19,21-22H,2-16,20,23H2,1H3,(H,27,28). The van der Waals surface area contributed by atoms with E-state index < -0.39 is 0 Å². The molecule has 0 unspecified atom stereocenters. The minimum Gasteiger partial charge on any atom is -0.326 e. The summed E-state index contributed by atoms with van der Waals surface area (Å²) in [4.78, 5) is 12.0. The van der Waals surface area contributed by atoms with Crippen LogP contribution in [0, 0.1) is 0 Å². The average molecular weight is 386 g/mol. The molecule has 2 heteroatoms. The molecule has 0 aliphatic rings. The molecule has 1 rings (SSSR count). The van der Waals surface area contributed by atoms with E-state index in [1.165, 1.54) is 83.5 Å². The molecule has 0 aliphatic heterocycles. The fourth-order valence-electron chi connectivity index (χ4n) is 3.60. The maximum atomic E-state index is 12.0. The Labute approximate surface area is 174 Å². The molecule has 1 N–H and O–H groups in total. The summed E-state index contributed by atoms with van der Waals surface area (Å²) in [5.41, 5.74) is 1.68. The molecule has 0 saturated heterocycles. The van der Waals surface area contributed by atoms with Gasteiger partial charge in [0.2, 0.25) is 5.91 Å². The van der Waals surface area contributed by atoms with Gasteiger partial charge in [0.1, 0.15) is 0 Å². The fraction of sp³-hybridized carbons (Fsp3) is 0.654. The van der Waals surface area contributed by atoms with E-state index in [9.17, 15) is 4.79 Å². The highest BCUT2D eigenvalue weighted by atomic mass is 16.1. The van der Waals surface area contributed by atoms with Crippen LogP contribution < -0.4 is 5.32 Å². The Kier molecular flexibility index (Phi) is 15.3. The predicted octanol–water partition coefficient (Wildman–Crippen LogP) is 8.04. The van der Waals surface area contributed by atoms with Crippen LogP contribution >= 0.6 is 0 Å². The molecular weight excluding hydrogens is 342 g/mol. The minimum absolute atomic E-state index is 0.0866. The van der Waals surface area contributed by atoms with E-state index in [0.717, 1.165) is 18.4 Å². The van der Waals surface area contributed by atoms with Crippen molar-refractivity contribution in [3.8, 4) is 0 Å². The zero-order chi connectivity index (χ0) is 20.3. The second kappa shape index (κ2) is 17.5. The lowest BCUT2D eigenvalue weighted by atomic mass is 10.0. The zero-order valence-electron chi connectivity index (χ0n) is 18.3. The number of carbonyl (C=O) groups is 1. The Bertz CT molecular complexity index is 508. The molecule has 1 aromatic rings. The van der Waals surface area contributed by atoms with Crippen molar-refractivity contribution in [3.05, 3.63) is 42.5 Å². The van der Waals surface area contributed by atoms with Crippen molar-refractivity contribution in [3.63, 3.8) is 0 Å². The Hall–Kier alpha value is -1.57. The third kappa shape index (κ3) is 13.6. The molecule has 0 aromatic heterocycles. The molecule has 0 heterocycles. The molecule has 0 spiro atoms. The van der Waals surface area contributed by atoms with E-state index >= 15 is 0 Å². The first-order chi connectivity index (χ1) is 13.7. The minimum atomic E-state index is 0.0866. The van der Waals surface area contributed by atoms with Crippen LogP contribution in [0.5, 0.6) is 0 Å². The summed E-state index contributed by atoms with van der Waals surface area (Å²) >= 11 is 0. The van der Waals surface area contributed by atoms with Crippen LogP contribution in [0.2, 0.25) is 0 Å². The highest BCUT2D eigenvalue weighted by Gasteiger charge is 2.04. The first-order valence-corrected chi connectivity index (χ1v) is 11.8. The zero-order valence-corrected chi connectivity index (χ0v) is 18.3. The lowest BCUT2D eigenvalue weighted by Crippen LogP contribution is -2.20. The first-order valence-electron chi connectivity index (χ1n) is 11.8. The average Bonchev–Trinajstić information content (AvgIpc) is 2.71. The van der Waals surface area contributed by atoms with Crippen molar-refractivity contribution in [2.45, 2.75) is 110 Å². The second-order valence-electron chi connectivity index (χ2n) is 8.09. The lowest BCUT2D eigenvalue weighted by molar-refractivity contribution is -0.120. The highest BCUT2D eigenvalue weighted by molar-refractivity contribution is 5.85. The lowest BCUT2D eigenvalue weighted by Gasteiger charge is -2.08. The van der Waals surface area contributed by atoms with Crippen LogP contribution in [0.3, 0.4) is 0 Å². The largest absolute Gasteiger partial charge is 0.326 e. The smallest absolute Gasteiger partial charge is 0.224 e. The number of amides is 1. The Morgan fingerprint density at radius 2 is 1.14 bits per heavy atom. The summed E-state index contributed by atoms with van der Waals surface area (Å²) in [6.45, 7) is 6.23. The Morgan fingerprint density at radius 1 is 0.714 bits per heavy atom. The van der Waals surface area contributed by atoms with E-state index in [2.05, 4.69) is 18.8 Å². The molecule has 158 valence electrons. The molecule has 0 fully saturated rings. The maximum absolute atomic E-state index is 12.0. The number of hydrogen-bond acceptors (Lipinski definition) is 1. The van der Waals surface area contributed by atoms with E-state index in [0.29, 0.717) is 12.1 Å². The molecule has 0 atom stereocenters. The Morgan fingerprint density at radius 3 is 1.61 bits per heavy atom. The number of carbonyl (C=O) groups excluding carboxylic acids is 1. The normalized spacial score (nSPS) is 10.8. The van der Waals surface area contributed by atoms with E-state index in [1.54, 1.807) is 0 Å². The fourth-order valence-corrected chi connectivity index (χ4v) is 3.60. The summed E-state index contributed by atoms with van der Waals surface area (Å²) in [5.74, 6) is 0.0866. The van der Waals surface area contributed by atoms with Gasteiger partial charge in [-0.1, -0.05) is 134 Å². The van der Waals surface area contributed by atoms with Gasteiger partial charge in [0, 0.05) is 12.1 Å². The summed E-state index contributed by atoms with van der Waals surface area (Å²) in [5, 5.41) is 2.91. The molecule has 28 heavy (non-hydrogen) atoms. The van der Waals surface area contributed by atoms with Crippen molar-refractivity contribution in [2.75, 3.05) is 0 Å². The van der Waals surface area contributed by atoms with E-state index in [1.807, 2.05) is 30.3 Å². The third-order valence-corrected chi connectivity index (χ3v) is 5.42. The summed E-state index contributed by atoms with van der Waals surface area (Å²) in [7, 11) is 0. The molecule has 1 amide bonds. The first kappa shape index (κ1) is 24.5. The van der Waals surface area contributed by atoms with Crippen LogP contribution in [0.25, 0.3) is 5.70 Å².